The zero-order valence-corrected chi connectivity index (χ0v) is 6.29. The Balaban J connectivity index is 3.18. The first-order chi connectivity index (χ1) is 4.25. The van der Waals surface area contributed by atoms with Gasteiger partial charge in [-0.25, -0.2) is 0 Å². The highest BCUT2D eigenvalue weighted by Crippen LogP contribution is 2.19. The molecular formula is C5H4ClNOS. The average Bonchev–Trinajstić information content (AvgIpc) is 2.15. The predicted octanol–water partition coefficient (Wildman–Crippen LogP) is 1.92. The summed E-state index contributed by atoms with van der Waals surface area (Å²) in [6, 6.07) is 0. The van der Waals surface area contributed by atoms with Crippen molar-refractivity contribution in [1.82, 2.24) is 4.37 Å². The molecule has 0 N–H and O–H groups in total. The van der Waals surface area contributed by atoms with Crippen LogP contribution in [0.3, 0.4) is 0 Å². The van der Waals surface area contributed by atoms with Crippen LogP contribution in [0.15, 0.2) is 0 Å². The van der Waals surface area contributed by atoms with Gasteiger partial charge in [0.1, 0.15) is 5.15 Å². The quantitative estimate of drug-likeness (QED) is 0.589. The molecule has 0 unspecified atom stereocenters. The molecule has 0 radical (unpaired) electrons. The molecule has 1 aromatic heterocycles. The molecule has 2 nitrogen and oxygen atoms in total. The summed E-state index contributed by atoms with van der Waals surface area (Å²) in [7, 11) is 0. The van der Waals surface area contributed by atoms with Gasteiger partial charge in [0.15, 0.2) is 6.29 Å². The number of hydrogen-bond donors (Lipinski definition) is 0. The van der Waals surface area contributed by atoms with Crippen LogP contribution in [0.2, 0.25) is 5.15 Å². The smallest absolute Gasteiger partial charge is 0.161 e. The Labute approximate surface area is 61.6 Å². The lowest BCUT2D eigenvalue weighted by atomic mass is 10.3. The first kappa shape index (κ1) is 6.71. The van der Waals surface area contributed by atoms with Gasteiger partial charge >= 0.3 is 0 Å². The summed E-state index contributed by atoms with van der Waals surface area (Å²) < 4.78 is 3.76. The van der Waals surface area contributed by atoms with Crippen molar-refractivity contribution >= 4 is 29.4 Å². The summed E-state index contributed by atoms with van der Waals surface area (Å²) in [5.74, 6) is 0. The molecule has 9 heavy (non-hydrogen) atoms. The third kappa shape index (κ3) is 1.11. The molecule has 0 spiro atoms. The second-order valence-electron chi connectivity index (χ2n) is 1.58. The number of nitrogens with zero attached hydrogens (tertiary/aromatic N) is 1. The molecule has 0 aliphatic heterocycles. The molecule has 0 aliphatic rings. The molecule has 4 heteroatoms. The van der Waals surface area contributed by atoms with Gasteiger partial charge < -0.3 is 0 Å². The van der Waals surface area contributed by atoms with Crippen LogP contribution in [-0.4, -0.2) is 10.7 Å². The van der Waals surface area contributed by atoms with Gasteiger partial charge in [-0.3, -0.25) is 4.79 Å². The Kier molecular flexibility index (Phi) is 1.83. The summed E-state index contributed by atoms with van der Waals surface area (Å²) in [6.07, 6.45) is 0.763. The Morgan fingerprint density at radius 3 is 2.67 bits per heavy atom. The van der Waals surface area contributed by atoms with E-state index < -0.39 is 0 Å². The maximum atomic E-state index is 10.2. The van der Waals surface area contributed by atoms with Crippen molar-refractivity contribution in [3.8, 4) is 0 Å². The van der Waals surface area contributed by atoms with E-state index >= 15 is 0 Å². The lowest BCUT2D eigenvalue weighted by molar-refractivity contribution is 0.112. The Morgan fingerprint density at radius 2 is 2.44 bits per heavy atom. The number of hydrogen-bond acceptors (Lipinski definition) is 3. The van der Waals surface area contributed by atoms with Crippen molar-refractivity contribution < 1.29 is 4.79 Å². The standard InChI is InChI=1S/C5H4ClNOS/c1-3-4(2-8)9-7-5(3)6/h2H,1H3. The van der Waals surface area contributed by atoms with Crippen molar-refractivity contribution in [2.75, 3.05) is 0 Å². The van der Waals surface area contributed by atoms with Gasteiger partial charge in [-0.15, -0.1) is 0 Å². The van der Waals surface area contributed by atoms with Crippen molar-refractivity contribution in [3.63, 3.8) is 0 Å². The molecule has 0 fully saturated rings. The van der Waals surface area contributed by atoms with Crippen molar-refractivity contribution in [1.29, 1.82) is 0 Å². The van der Waals surface area contributed by atoms with Gasteiger partial charge in [0.05, 0.1) is 4.88 Å². The molecule has 1 aromatic rings. The molecular weight excluding hydrogens is 158 g/mol. The predicted molar refractivity (Wildman–Crippen MR) is 37.2 cm³/mol. The fourth-order valence-corrected chi connectivity index (χ4v) is 1.29. The zero-order chi connectivity index (χ0) is 6.85. The highest BCUT2D eigenvalue weighted by molar-refractivity contribution is 7.08. The monoisotopic (exact) mass is 161 g/mol. The van der Waals surface area contributed by atoms with E-state index in [4.69, 9.17) is 11.6 Å². The van der Waals surface area contributed by atoms with Crippen LogP contribution in [0, 0.1) is 6.92 Å². The molecule has 0 saturated carbocycles. The Bertz CT molecular complexity index is 233. The summed E-state index contributed by atoms with van der Waals surface area (Å²) in [5, 5.41) is 0.433. The van der Waals surface area contributed by atoms with Crippen LogP contribution in [0.4, 0.5) is 0 Å². The number of halogens is 1. The number of rotatable bonds is 1. The largest absolute Gasteiger partial charge is 0.297 e. The van der Waals surface area contributed by atoms with E-state index in [0.717, 1.165) is 23.4 Å². The molecule has 0 aromatic carbocycles. The maximum Gasteiger partial charge on any atom is 0.161 e. The minimum Gasteiger partial charge on any atom is -0.297 e. The lowest BCUT2D eigenvalue weighted by Crippen LogP contribution is -1.74. The Morgan fingerprint density at radius 1 is 1.78 bits per heavy atom. The van der Waals surface area contributed by atoms with E-state index in [2.05, 4.69) is 4.37 Å². The zero-order valence-electron chi connectivity index (χ0n) is 4.72. The van der Waals surface area contributed by atoms with Crippen LogP contribution in [-0.2, 0) is 0 Å². The molecule has 0 aliphatic carbocycles. The van der Waals surface area contributed by atoms with E-state index in [0.29, 0.717) is 10.0 Å². The van der Waals surface area contributed by atoms with E-state index in [1.165, 1.54) is 0 Å². The van der Waals surface area contributed by atoms with Crippen molar-refractivity contribution in [3.05, 3.63) is 15.6 Å². The topological polar surface area (TPSA) is 30.0 Å². The molecule has 0 atom stereocenters. The molecule has 1 rings (SSSR count). The second kappa shape index (κ2) is 2.45. The summed E-state index contributed by atoms with van der Waals surface area (Å²) in [6.45, 7) is 1.77. The van der Waals surface area contributed by atoms with Gasteiger partial charge in [-0.2, -0.15) is 4.37 Å². The van der Waals surface area contributed by atoms with E-state index in [9.17, 15) is 4.79 Å². The van der Waals surface area contributed by atoms with Gasteiger partial charge in [0.25, 0.3) is 0 Å². The number of aromatic nitrogens is 1. The Hall–Kier alpha value is -0.410. The van der Waals surface area contributed by atoms with Gasteiger partial charge in [0.2, 0.25) is 0 Å². The van der Waals surface area contributed by atoms with E-state index in [1.807, 2.05) is 0 Å². The van der Waals surface area contributed by atoms with Gasteiger partial charge in [0, 0.05) is 5.56 Å². The number of aldehydes is 1. The fourth-order valence-electron chi connectivity index (χ4n) is 0.438. The first-order valence-electron chi connectivity index (χ1n) is 2.32. The molecule has 0 saturated heterocycles. The van der Waals surface area contributed by atoms with Crippen LogP contribution in [0.1, 0.15) is 15.2 Å². The second-order valence-corrected chi connectivity index (χ2v) is 2.74. The third-order valence-electron chi connectivity index (χ3n) is 1.01. The fraction of sp³-hybridized carbons (Fsp3) is 0.200. The molecule has 0 bridgehead atoms. The third-order valence-corrected chi connectivity index (χ3v) is 2.35. The van der Waals surface area contributed by atoms with Crippen molar-refractivity contribution in [2.24, 2.45) is 0 Å². The van der Waals surface area contributed by atoms with E-state index in [-0.39, 0.29) is 0 Å². The summed E-state index contributed by atoms with van der Waals surface area (Å²) in [5.41, 5.74) is 0.775. The number of carbonyl (C=O) groups is 1. The minimum absolute atomic E-state index is 0.433. The minimum atomic E-state index is 0.433. The summed E-state index contributed by atoms with van der Waals surface area (Å²) >= 11 is 6.67. The van der Waals surface area contributed by atoms with Crippen LogP contribution in [0.5, 0.6) is 0 Å². The van der Waals surface area contributed by atoms with Crippen LogP contribution < -0.4 is 0 Å². The highest BCUT2D eigenvalue weighted by Gasteiger charge is 2.04. The normalized spacial score (nSPS) is 9.56. The SMILES string of the molecule is Cc1c(Cl)nsc1C=O. The van der Waals surface area contributed by atoms with Gasteiger partial charge in [-0.05, 0) is 18.5 Å². The van der Waals surface area contributed by atoms with Gasteiger partial charge in [-0.1, -0.05) is 11.6 Å². The summed E-state index contributed by atoms with van der Waals surface area (Å²) in [4.78, 5) is 10.8. The maximum absolute atomic E-state index is 10.2. The first-order valence-corrected chi connectivity index (χ1v) is 3.48. The van der Waals surface area contributed by atoms with Crippen molar-refractivity contribution in [2.45, 2.75) is 6.92 Å². The van der Waals surface area contributed by atoms with E-state index in [1.54, 1.807) is 6.92 Å². The lowest BCUT2D eigenvalue weighted by Gasteiger charge is -1.80. The highest BCUT2D eigenvalue weighted by atomic mass is 35.5. The molecule has 0 amide bonds. The molecule has 48 valence electrons. The molecule has 1 heterocycles. The number of carbonyl (C=O) groups excluding carboxylic acids is 1. The van der Waals surface area contributed by atoms with Crippen LogP contribution >= 0.6 is 23.1 Å². The average molecular weight is 162 g/mol. The van der Waals surface area contributed by atoms with Crippen LogP contribution in [0.25, 0.3) is 0 Å².